The van der Waals surface area contributed by atoms with Crippen LogP contribution in [0.2, 0.25) is 5.15 Å². The Bertz CT molecular complexity index is 590. The van der Waals surface area contributed by atoms with Crippen LogP contribution in [0.4, 0.5) is 0 Å². The van der Waals surface area contributed by atoms with Crippen molar-refractivity contribution in [1.29, 1.82) is 0 Å². The van der Waals surface area contributed by atoms with E-state index in [1.54, 1.807) is 36.4 Å². The summed E-state index contributed by atoms with van der Waals surface area (Å²) in [6.07, 6.45) is 0. The Morgan fingerprint density at radius 1 is 1.06 bits per heavy atom. The molecule has 0 bridgehead atoms. The lowest BCUT2D eigenvalue weighted by Crippen LogP contribution is -2.23. The number of carbonyl (C=O) groups is 1. The normalized spacial score (nSPS) is 10.2. The SMILES string of the molecule is O=C(Cn1c(Cl)cccc1=O)c1ccccc1. The number of ketones is 1. The van der Waals surface area contributed by atoms with Crippen LogP contribution in [0, 0.1) is 0 Å². The molecule has 0 N–H and O–H groups in total. The number of Topliss-reactive ketones (excluding diaryl/α,β-unsaturated/α-hetero) is 1. The summed E-state index contributed by atoms with van der Waals surface area (Å²) in [6.45, 7) is -0.0392. The summed E-state index contributed by atoms with van der Waals surface area (Å²) in [5.41, 5.74) is 0.293. The molecular formula is C13H10ClNO2. The van der Waals surface area contributed by atoms with Crippen LogP contribution in [0.15, 0.2) is 53.3 Å². The molecule has 0 fully saturated rings. The standard InChI is InChI=1S/C13H10ClNO2/c14-12-7-4-8-13(17)15(12)9-11(16)10-5-2-1-3-6-10/h1-8H,9H2. The van der Waals surface area contributed by atoms with Crippen LogP contribution in [-0.2, 0) is 6.54 Å². The van der Waals surface area contributed by atoms with Gasteiger partial charge >= 0.3 is 0 Å². The Kier molecular flexibility index (Phi) is 3.40. The average molecular weight is 248 g/mol. The molecule has 0 saturated heterocycles. The zero-order chi connectivity index (χ0) is 12.3. The molecule has 0 radical (unpaired) electrons. The van der Waals surface area contributed by atoms with Crippen molar-refractivity contribution >= 4 is 17.4 Å². The monoisotopic (exact) mass is 247 g/mol. The first-order valence-electron chi connectivity index (χ1n) is 5.12. The van der Waals surface area contributed by atoms with Crippen molar-refractivity contribution in [3.8, 4) is 0 Å². The van der Waals surface area contributed by atoms with Gasteiger partial charge in [-0.1, -0.05) is 48.0 Å². The molecule has 4 heteroatoms. The maximum absolute atomic E-state index is 11.9. The van der Waals surface area contributed by atoms with Gasteiger partial charge < -0.3 is 0 Å². The zero-order valence-electron chi connectivity index (χ0n) is 8.97. The average Bonchev–Trinajstić information content (AvgIpc) is 2.35. The van der Waals surface area contributed by atoms with E-state index in [4.69, 9.17) is 11.6 Å². The van der Waals surface area contributed by atoms with E-state index in [-0.39, 0.29) is 23.0 Å². The lowest BCUT2D eigenvalue weighted by atomic mass is 10.1. The summed E-state index contributed by atoms with van der Waals surface area (Å²) in [5.74, 6) is -0.138. The summed E-state index contributed by atoms with van der Waals surface area (Å²) in [5, 5.41) is 0.266. The second-order valence-corrected chi connectivity index (χ2v) is 3.95. The summed E-state index contributed by atoms with van der Waals surface area (Å²) in [7, 11) is 0. The highest BCUT2D eigenvalue weighted by Gasteiger charge is 2.09. The largest absolute Gasteiger partial charge is 0.292 e. The van der Waals surface area contributed by atoms with Crippen LogP contribution in [0.3, 0.4) is 0 Å². The van der Waals surface area contributed by atoms with Gasteiger partial charge in [0.2, 0.25) is 0 Å². The molecule has 0 saturated carbocycles. The fourth-order valence-corrected chi connectivity index (χ4v) is 1.72. The number of hydrogen-bond acceptors (Lipinski definition) is 2. The minimum Gasteiger partial charge on any atom is -0.292 e. The summed E-state index contributed by atoms with van der Waals surface area (Å²) < 4.78 is 1.25. The van der Waals surface area contributed by atoms with Crippen LogP contribution in [0.25, 0.3) is 0 Å². The van der Waals surface area contributed by atoms with E-state index in [9.17, 15) is 9.59 Å². The molecule has 1 aromatic carbocycles. The molecule has 17 heavy (non-hydrogen) atoms. The fraction of sp³-hybridized carbons (Fsp3) is 0.0769. The number of pyridine rings is 1. The molecule has 3 nitrogen and oxygen atoms in total. The first-order valence-corrected chi connectivity index (χ1v) is 5.50. The maximum atomic E-state index is 11.9. The minimum atomic E-state index is -0.276. The molecule has 0 unspecified atom stereocenters. The molecule has 2 rings (SSSR count). The molecule has 0 aliphatic rings. The fourth-order valence-electron chi connectivity index (χ4n) is 1.51. The predicted octanol–water partition coefficient (Wildman–Crippen LogP) is 2.38. The van der Waals surface area contributed by atoms with Crippen molar-refractivity contribution < 1.29 is 4.79 Å². The third-order valence-electron chi connectivity index (χ3n) is 2.39. The van der Waals surface area contributed by atoms with Gasteiger partial charge in [0.15, 0.2) is 5.78 Å². The van der Waals surface area contributed by atoms with Crippen molar-refractivity contribution in [1.82, 2.24) is 4.57 Å². The van der Waals surface area contributed by atoms with Crippen molar-refractivity contribution in [2.24, 2.45) is 0 Å². The second-order valence-electron chi connectivity index (χ2n) is 3.56. The molecule has 0 amide bonds. The first kappa shape index (κ1) is 11.6. The van der Waals surface area contributed by atoms with Crippen LogP contribution in [0.5, 0.6) is 0 Å². The molecule has 0 aliphatic heterocycles. The van der Waals surface area contributed by atoms with Gasteiger partial charge in [-0.05, 0) is 6.07 Å². The van der Waals surface area contributed by atoms with E-state index in [0.717, 1.165) is 0 Å². The van der Waals surface area contributed by atoms with Gasteiger partial charge in [0, 0.05) is 11.6 Å². The zero-order valence-corrected chi connectivity index (χ0v) is 9.72. The Balaban J connectivity index is 2.28. The molecule has 0 atom stereocenters. The number of carbonyl (C=O) groups excluding carboxylic acids is 1. The van der Waals surface area contributed by atoms with Crippen molar-refractivity contribution in [2.75, 3.05) is 0 Å². The lowest BCUT2D eigenvalue weighted by Gasteiger charge is -2.06. The number of rotatable bonds is 3. The van der Waals surface area contributed by atoms with Crippen LogP contribution in [0.1, 0.15) is 10.4 Å². The number of hydrogen-bond donors (Lipinski definition) is 0. The van der Waals surface area contributed by atoms with Crippen LogP contribution in [-0.4, -0.2) is 10.4 Å². The van der Waals surface area contributed by atoms with Gasteiger partial charge in [0.1, 0.15) is 5.15 Å². The van der Waals surface area contributed by atoms with Gasteiger partial charge in [0.25, 0.3) is 5.56 Å². The van der Waals surface area contributed by atoms with E-state index in [0.29, 0.717) is 5.56 Å². The van der Waals surface area contributed by atoms with Crippen LogP contribution >= 0.6 is 11.6 Å². The topological polar surface area (TPSA) is 39.1 Å². The molecule has 86 valence electrons. The quantitative estimate of drug-likeness (QED) is 0.617. The summed E-state index contributed by atoms with van der Waals surface area (Å²) in [6, 6.07) is 13.3. The van der Waals surface area contributed by atoms with E-state index in [1.165, 1.54) is 10.6 Å². The summed E-state index contributed by atoms with van der Waals surface area (Å²) >= 11 is 5.87. The van der Waals surface area contributed by atoms with Crippen molar-refractivity contribution in [2.45, 2.75) is 6.54 Å². The maximum Gasteiger partial charge on any atom is 0.252 e. The third kappa shape index (κ3) is 2.63. The molecule has 1 aromatic heterocycles. The highest BCUT2D eigenvalue weighted by Crippen LogP contribution is 2.07. The van der Waals surface area contributed by atoms with E-state index in [2.05, 4.69) is 0 Å². The molecule has 0 spiro atoms. The minimum absolute atomic E-state index is 0.0392. The number of nitrogens with zero attached hydrogens (tertiary/aromatic N) is 1. The highest BCUT2D eigenvalue weighted by molar-refractivity contribution is 6.29. The molecule has 0 aliphatic carbocycles. The number of benzene rings is 1. The predicted molar refractivity (Wildman–Crippen MR) is 66.5 cm³/mol. The molecule has 1 heterocycles. The Morgan fingerprint density at radius 3 is 2.41 bits per heavy atom. The third-order valence-corrected chi connectivity index (χ3v) is 2.72. The molecular weight excluding hydrogens is 238 g/mol. The van der Waals surface area contributed by atoms with Crippen LogP contribution < -0.4 is 5.56 Å². The number of halogens is 1. The Morgan fingerprint density at radius 2 is 1.76 bits per heavy atom. The van der Waals surface area contributed by atoms with E-state index >= 15 is 0 Å². The van der Waals surface area contributed by atoms with E-state index < -0.39 is 0 Å². The van der Waals surface area contributed by atoms with Gasteiger partial charge in [0.05, 0.1) is 6.54 Å². The Hall–Kier alpha value is -1.87. The lowest BCUT2D eigenvalue weighted by molar-refractivity contribution is 0.0971. The van der Waals surface area contributed by atoms with Gasteiger partial charge in [-0.2, -0.15) is 0 Å². The first-order chi connectivity index (χ1) is 8.18. The van der Waals surface area contributed by atoms with Gasteiger partial charge in [-0.3, -0.25) is 14.2 Å². The van der Waals surface area contributed by atoms with Crippen molar-refractivity contribution in [3.05, 3.63) is 69.6 Å². The summed E-state index contributed by atoms with van der Waals surface area (Å²) in [4.78, 5) is 23.4. The van der Waals surface area contributed by atoms with Gasteiger partial charge in [-0.25, -0.2) is 0 Å². The molecule has 2 aromatic rings. The number of aromatic nitrogens is 1. The van der Waals surface area contributed by atoms with Gasteiger partial charge in [-0.15, -0.1) is 0 Å². The van der Waals surface area contributed by atoms with Crippen molar-refractivity contribution in [3.63, 3.8) is 0 Å². The van der Waals surface area contributed by atoms with E-state index in [1.807, 2.05) is 6.07 Å². The highest BCUT2D eigenvalue weighted by atomic mass is 35.5. The smallest absolute Gasteiger partial charge is 0.252 e. The Labute approximate surface area is 103 Å². The second kappa shape index (κ2) is 4.97.